The fourth-order valence-corrected chi connectivity index (χ4v) is 2.89. The van der Waals surface area contributed by atoms with Crippen LogP contribution in [0.1, 0.15) is 37.6 Å². The minimum Gasteiger partial charge on any atom is -0.465 e. The monoisotopic (exact) mass is 408 g/mol. The van der Waals surface area contributed by atoms with Crippen molar-refractivity contribution in [2.75, 3.05) is 18.6 Å². The summed E-state index contributed by atoms with van der Waals surface area (Å²) in [5.74, 6) is 3.02. The Morgan fingerprint density at radius 2 is 1.93 bits per heavy atom. The minimum atomic E-state index is -0.623. The van der Waals surface area contributed by atoms with E-state index >= 15 is 0 Å². The van der Waals surface area contributed by atoms with Crippen LogP contribution in [0.4, 0.5) is 10.7 Å². The maximum absolute atomic E-state index is 12.5. The molecule has 0 N–H and O–H groups in total. The SMILES string of the molecule is COC(=O)c1cn(C#CCCN(C(=O)OC(C)(C)C)c2ccco2)c2ccccc12. The third kappa shape index (κ3) is 4.84. The molecule has 30 heavy (non-hydrogen) atoms. The van der Waals surface area contributed by atoms with Gasteiger partial charge in [-0.05, 0) is 32.9 Å². The number of carbonyl (C=O) groups excluding carboxylic acids is 2. The third-order valence-electron chi connectivity index (χ3n) is 4.16. The van der Waals surface area contributed by atoms with Crippen molar-refractivity contribution in [3.63, 3.8) is 0 Å². The number of benzene rings is 1. The lowest BCUT2D eigenvalue weighted by atomic mass is 10.2. The molecule has 2 aromatic heterocycles. The largest absolute Gasteiger partial charge is 0.465 e. The van der Waals surface area contributed by atoms with Crippen LogP contribution in [0.2, 0.25) is 0 Å². The Morgan fingerprint density at radius 1 is 1.17 bits per heavy atom. The van der Waals surface area contributed by atoms with Gasteiger partial charge in [-0.3, -0.25) is 4.57 Å². The van der Waals surface area contributed by atoms with Crippen molar-refractivity contribution in [1.82, 2.24) is 4.57 Å². The normalized spacial score (nSPS) is 10.9. The molecule has 0 aliphatic carbocycles. The lowest BCUT2D eigenvalue weighted by Crippen LogP contribution is -2.37. The van der Waals surface area contributed by atoms with Gasteiger partial charge in [0.15, 0.2) is 0 Å². The molecule has 2 heterocycles. The molecule has 7 nitrogen and oxygen atoms in total. The van der Waals surface area contributed by atoms with Gasteiger partial charge in [0.1, 0.15) is 5.60 Å². The fourth-order valence-electron chi connectivity index (χ4n) is 2.89. The standard InChI is InChI=1S/C23H24N2O5/c1-23(2,3)30-22(27)25(20-12-9-15-29-20)14-8-7-13-24-16-18(21(26)28-4)17-10-5-6-11-19(17)24/h5-6,9-12,15-16H,8,14H2,1-4H3. The average molecular weight is 408 g/mol. The molecule has 0 fully saturated rings. The van der Waals surface area contributed by atoms with Gasteiger partial charge in [0.05, 0.1) is 24.5 Å². The Balaban J connectivity index is 1.79. The molecule has 0 aliphatic heterocycles. The van der Waals surface area contributed by atoms with E-state index in [1.165, 1.54) is 18.3 Å². The van der Waals surface area contributed by atoms with E-state index in [4.69, 9.17) is 13.9 Å². The number of amides is 1. The number of hydrogen-bond acceptors (Lipinski definition) is 5. The molecule has 0 radical (unpaired) electrons. The van der Waals surface area contributed by atoms with Crippen molar-refractivity contribution in [1.29, 1.82) is 0 Å². The topological polar surface area (TPSA) is 73.9 Å². The second-order valence-corrected chi connectivity index (χ2v) is 7.54. The van der Waals surface area contributed by atoms with E-state index in [9.17, 15) is 9.59 Å². The molecule has 0 saturated heterocycles. The third-order valence-corrected chi connectivity index (χ3v) is 4.16. The maximum Gasteiger partial charge on any atom is 0.417 e. The Bertz CT molecular complexity index is 1090. The lowest BCUT2D eigenvalue weighted by Gasteiger charge is -2.25. The molecule has 0 bridgehead atoms. The van der Waals surface area contributed by atoms with Crippen LogP contribution >= 0.6 is 0 Å². The number of carbonyl (C=O) groups is 2. The van der Waals surface area contributed by atoms with Gasteiger partial charge in [0.25, 0.3) is 0 Å². The van der Waals surface area contributed by atoms with E-state index in [2.05, 4.69) is 12.0 Å². The van der Waals surface area contributed by atoms with Crippen LogP contribution in [0.25, 0.3) is 10.9 Å². The second kappa shape index (κ2) is 8.78. The van der Waals surface area contributed by atoms with Crippen LogP contribution in [0.15, 0.2) is 53.3 Å². The molecule has 0 aliphatic rings. The van der Waals surface area contributed by atoms with Crippen molar-refractivity contribution in [2.24, 2.45) is 0 Å². The summed E-state index contributed by atoms with van der Waals surface area (Å²) in [6.07, 6.45) is 3.03. The van der Waals surface area contributed by atoms with Gasteiger partial charge in [-0.2, -0.15) is 0 Å². The van der Waals surface area contributed by atoms with Crippen LogP contribution in [-0.4, -0.2) is 35.9 Å². The summed E-state index contributed by atoms with van der Waals surface area (Å²) in [5.41, 5.74) is 0.635. The summed E-state index contributed by atoms with van der Waals surface area (Å²) in [6, 6.07) is 13.9. The predicted octanol–water partition coefficient (Wildman–Crippen LogP) is 4.66. The zero-order chi connectivity index (χ0) is 21.7. The van der Waals surface area contributed by atoms with Gasteiger partial charge < -0.3 is 13.9 Å². The van der Waals surface area contributed by atoms with Crippen molar-refractivity contribution in [2.45, 2.75) is 32.8 Å². The Labute approximate surface area is 175 Å². The van der Waals surface area contributed by atoms with Crippen molar-refractivity contribution in [3.05, 3.63) is 54.4 Å². The minimum absolute atomic E-state index is 0.290. The molecule has 7 heteroatoms. The molecule has 1 aromatic carbocycles. The second-order valence-electron chi connectivity index (χ2n) is 7.54. The number of furan rings is 1. The number of methoxy groups -OCH3 is 1. The Kier molecular flexibility index (Phi) is 6.17. The van der Waals surface area contributed by atoms with E-state index in [0.717, 1.165) is 10.9 Å². The highest BCUT2D eigenvalue weighted by Crippen LogP contribution is 2.22. The number of aromatic nitrogens is 1. The molecule has 156 valence electrons. The van der Waals surface area contributed by atoms with Crippen LogP contribution in [-0.2, 0) is 9.47 Å². The molecule has 0 spiro atoms. The summed E-state index contributed by atoms with van der Waals surface area (Å²) in [6.45, 7) is 5.71. The van der Waals surface area contributed by atoms with E-state index in [0.29, 0.717) is 24.4 Å². The first-order chi connectivity index (χ1) is 14.3. The smallest absolute Gasteiger partial charge is 0.417 e. The zero-order valence-corrected chi connectivity index (χ0v) is 17.5. The van der Waals surface area contributed by atoms with E-state index < -0.39 is 17.7 Å². The first-order valence-electron chi connectivity index (χ1n) is 9.51. The molecule has 1 amide bonds. The lowest BCUT2D eigenvalue weighted by molar-refractivity contribution is 0.0572. The van der Waals surface area contributed by atoms with Crippen molar-refractivity contribution < 1.29 is 23.5 Å². The highest BCUT2D eigenvalue weighted by Gasteiger charge is 2.24. The van der Waals surface area contributed by atoms with Gasteiger partial charge in [-0.15, -0.1) is 0 Å². The van der Waals surface area contributed by atoms with Gasteiger partial charge in [-0.25, -0.2) is 14.5 Å². The summed E-state index contributed by atoms with van der Waals surface area (Å²) in [5, 5.41) is 0.768. The maximum atomic E-state index is 12.5. The Hall–Kier alpha value is -3.66. The molecule has 0 saturated carbocycles. The number of para-hydroxylation sites is 1. The molecule has 3 rings (SSSR count). The molecular formula is C23H24N2O5. The molecule has 0 unspecified atom stereocenters. The van der Waals surface area contributed by atoms with Gasteiger partial charge in [-0.1, -0.05) is 24.1 Å². The first kappa shape index (κ1) is 21.1. The van der Waals surface area contributed by atoms with Crippen LogP contribution < -0.4 is 4.90 Å². The molecule has 3 aromatic rings. The number of anilines is 1. The number of nitrogens with zero attached hydrogens (tertiary/aromatic N) is 2. The van der Waals surface area contributed by atoms with E-state index in [1.807, 2.05) is 24.3 Å². The van der Waals surface area contributed by atoms with Crippen molar-refractivity contribution in [3.8, 4) is 12.0 Å². The van der Waals surface area contributed by atoms with Crippen molar-refractivity contribution >= 4 is 28.8 Å². The Morgan fingerprint density at radius 3 is 2.60 bits per heavy atom. The number of rotatable bonds is 4. The number of hydrogen-bond donors (Lipinski definition) is 0. The van der Waals surface area contributed by atoms with E-state index in [-0.39, 0.29) is 0 Å². The van der Waals surface area contributed by atoms with Gasteiger partial charge in [0, 0.05) is 36.7 Å². The zero-order valence-electron chi connectivity index (χ0n) is 17.5. The molecule has 0 atom stereocenters. The predicted molar refractivity (Wildman–Crippen MR) is 113 cm³/mol. The van der Waals surface area contributed by atoms with Gasteiger partial charge >= 0.3 is 12.1 Å². The summed E-state index contributed by atoms with van der Waals surface area (Å²) >= 11 is 0. The highest BCUT2D eigenvalue weighted by atomic mass is 16.6. The number of fused-ring (bicyclic) bond motifs is 1. The summed E-state index contributed by atoms with van der Waals surface area (Å²) in [7, 11) is 1.35. The first-order valence-corrected chi connectivity index (χ1v) is 9.51. The highest BCUT2D eigenvalue weighted by molar-refractivity contribution is 6.04. The number of ether oxygens (including phenoxy) is 2. The molecular weight excluding hydrogens is 384 g/mol. The fraction of sp³-hybridized carbons (Fsp3) is 0.304. The number of esters is 1. The van der Waals surface area contributed by atoms with Crippen LogP contribution in [0.3, 0.4) is 0 Å². The van der Waals surface area contributed by atoms with Crippen LogP contribution in [0.5, 0.6) is 0 Å². The van der Waals surface area contributed by atoms with Crippen LogP contribution in [0, 0.1) is 12.0 Å². The summed E-state index contributed by atoms with van der Waals surface area (Å²) < 4.78 is 17.4. The van der Waals surface area contributed by atoms with Gasteiger partial charge in [0.2, 0.25) is 5.88 Å². The average Bonchev–Trinajstić information content (AvgIpc) is 3.34. The quantitative estimate of drug-likeness (QED) is 0.464. The van der Waals surface area contributed by atoms with E-state index in [1.54, 1.807) is 43.7 Å². The summed E-state index contributed by atoms with van der Waals surface area (Å²) in [4.78, 5) is 26.0.